The van der Waals surface area contributed by atoms with Crippen molar-refractivity contribution in [2.45, 2.75) is 20.3 Å². The van der Waals surface area contributed by atoms with Gasteiger partial charge in [0, 0.05) is 18.1 Å². The van der Waals surface area contributed by atoms with Gasteiger partial charge in [-0.15, -0.1) is 0 Å². The van der Waals surface area contributed by atoms with Gasteiger partial charge in [-0.3, -0.25) is 30.5 Å². The number of pyridine rings is 1. The van der Waals surface area contributed by atoms with Crippen LogP contribution < -0.4 is 10.9 Å². The van der Waals surface area contributed by atoms with Gasteiger partial charge in [-0.1, -0.05) is 13.8 Å². The van der Waals surface area contributed by atoms with Crippen molar-refractivity contribution >= 4 is 11.8 Å². The quantitative estimate of drug-likeness (QED) is 0.732. The zero-order valence-electron chi connectivity index (χ0n) is 11.9. The van der Waals surface area contributed by atoms with Crippen LogP contribution in [-0.4, -0.2) is 27.0 Å². The normalized spacial score (nSPS) is 10.4. The van der Waals surface area contributed by atoms with Gasteiger partial charge < -0.3 is 0 Å². The van der Waals surface area contributed by atoms with E-state index in [0.29, 0.717) is 11.5 Å². The number of aromatic nitrogens is 3. The molecule has 0 fully saturated rings. The van der Waals surface area contributed by atoms with E-state index in [1.54, 1.807) is 24.4 Å². The van der Waals surface area contributed by atoms with Crippen molar-refractivity contribution in [1.29, 1.82) is 0 Å². The minimum Gasteiger partial charge on any atom is -0.282 e. The summed E-state index contributed by atoms with van der Waals surface area (Å²) in [4.78, 5) is 27.4. The van der Waals surface area contributed by atoms with Crippen molar-refractivity contribution < 1.29 is 9.59 Å². The SMILES string of the molecule is CC(C)Cc1cc(C(=O)NNC(=O)c2cccnc2)n[nH]1. The molecule has 2 aromatic rings. The van der Waals surface area contributed by atoms with Crippen LogP contribution in [0.4, 0.5) is 0 Å². The van der Waals surface area contributed by atoms with Crippen LogP contribution in [0.1, 0.15) is 40.4 Å². The maximum absolute atomic E-state index is 11.9. The Bertz CT molecular complexity index is 621. The van der Waals surface area contributed by atoms with Gasteiger partial charge in [0.05, 0.1) is 5.56 Å². The van der Waals surface area contributed by atoms with Gasteiger partial charge >= 0.3 is 0 Å². The number of carbonyl (C=O) groups excluding carboxylic acids is 2. The third-order valence-corrected chi connectivity index (χ3v) is 2.70. The zero-order chi connectivity index (χ0) is 15.2. The van der Waals surface area contributed by atoms with Crippen LogP contribution >= 0.6 is 0 Å². The topological polar surface area (TPSA) is 99.8 Å². The molecule has 0 bridgehead atoms. The first kappa shape index (κ1) is 14.7. The van der Waals surface area contributed by atoms with Crippen LogP contribution in [-0.2, 0) is 6.42 Å². The summed E-state index contributed by atoms with van der Waals surface area (Å²) in [5.74, 6) is -0.445. The summed E-state index contributed by atoms with van der Waals surface area (Å²) in [6, 6.07) is 4.91. The van der Waals surface area contributed by atoms with Crippen molar-refractivity contribution in [3.8, 4) is 0 Å². The second-order valence-corrected chi connectivity index (χ2v) is 5.03. The Morgan fingerprint density at radius 2 is 2.05 bits per heavy atom. The smallest absolute Gasteiger partial charge is 0.282 e. The third kappa shape index (κ3) is 4.13. The van der Waals surface area contributed by atoms with E-state index in [0.717, 1.165) is 12.1 Å². The summed E-state index contributed by atoms with van der Waals surface area (Å²) in [6.45, 7) is 4.16. The minimum absolute atomic E-state index is 0.233. The number of hydrogen-bond acceptors (Lipinski definition) is 4. The number of carbonyl (C=O) groups is 2. The van der Waals surface area contributed by atoms with Crippen LogP contribution in [0.3, 0.4) is 0 Å². The molecule has 2 heterocycles. The number of H-pyrrole nitrogens is 1. The summed E-state index contributed by atoms with van der Waals surface area (Å²) in [5, 5.41) is 6.72. The molecule has 0 radical (unpaired) electrons. The monoisotopic (exact) mass is 287 g/mol. The lowest BCUT2D eigenvalue weighted by Gasteiger charge is -2.05. The maximum atomic E-state index is 11.9. The van der Waals surface area contributed by atoms with Crippen molar-refractivity contribution in [1.82, 2.24) is 26.0 Å². The van der Waals surface area contributed by atoms with Gasteiger partial charge in [0.25, 0.3) is 11.8 Å². The number of amides is 2. The van der Waals surface area contributed by atoms with Crippen molar-refractivity contribution in [2.24, 2.45) is 5.92 Å². The molecule has 3 N–H and O–H groups in total. The Morgan fingerprint density at radius 1 is 1.29 bits per heavy atom. The van der Waals surface area contributed by atoms with E-state index in [1.807, 2.05) is 0 Å². The zero-order valence-corrected chi connectivity index (χ0v) is 11.9. The Morgan fingerprint density at radius 3 is 2.71 bits per heavy atom. The Labute approximate surface area is 122 Å². The van der Waals surface area contributed by atoms with Crippen molar-refractivity contribution in [3.05, 3.63) is 47.5 Å². The Hall–Kier alpha value is -2.70. The van der Waals surface area contributed by atoms with Crippen molar-refractivity contribution in [3.63, 3.8) is 0 Å². The molecular formula is C14H17N5O2. The maximum Gasteiger partial charge on any atom is 0.290 e. The van der Waals surface area contributed by atoms with Crippen LogP contribution in [0, 0.1) is 5.92 Å². The highest BCUT2D eigenvalue weighted by atomic mass is 16.2. The van der Waals surface area contributed by atoms with E-state index in [1.165, 1.54) is 6.20 Å². The predicted molar refractivity (Wildman–Crippen MR) is 76.3 cm³/mol. The molecule has 0 aliphatic carbocycles. The molecule has 110 valence electrons. The third-order valence-electron chi connectivity index (χ3n) is 2.70. The van der Waals surface area contributed by atoms with Gasteiger partial charge in [0.1, 0.15) is 0 Å². The molecule has 0 saturated heterocycles. The fourth-order valence-corrected chi connectivity index (χ4v) is 1.77. The molecule has 0 unspecified atom stereocenters. The average molecular weight is 287 g/mol. The van der Waals surface area contributed by atoms with Gasteiger partial charge in [-0.05, 0) is 30.5 Å². The Kier molecular flexibility index (Phi) is 4.65. The second-order valence-electron chi connectivity index (χ2n) is 5.03. The van der Waals surface area contributed by atoms with Gasteiger partial charge in [-0.2, -0.15) is 5.10 Å². The van der Waals surface area contributed by atoms with E-state index < -0.39 is 11.8 Å². The highest BCUT2D eigenvalue weighted by Crippen LogP contribution is 2.06. The highest BCUT2D eigenvalue weighted by molar-refractivity contribution is 5.98. The molecule has 0 aromatic carbocycles. The molecule has 0 spiro atoms. The molecule has 2 amide bonds. The summed E-state index contributed by atoms with van der Waals surface area (Å²) in [5.41, 5.74) is 6.11. The fraction of sp³-hybridized carbons (Fsp3) is 0.286. The number of rotatable bonds is 4. The first-order valence-corrected chi connectivity index (χ1v) is 6.61. The molecule has 7 heteroatoms. The molecular weight excluding hydrogens is 270 g/mol. The van der Waals surface area contributed by atoms with E-state index in [4.69, 9.17) is 0 Å². The van der Waals surface area contributed by atoms with Gasteiger partial charge in [-0.25, -0.2) is 0 Å². The molecule has 0 aliphatic heterocycles. The van der Waals surface area contributed by atoms with Crippen molar-refractivity contribution in [2.75, 3.05) is 0 Å². The first-order chi connectivity index (χ1) is 10.1. The minimum atomic E-state index is -0.474. The average Bonchev–Trinajstić information content (AvgIpc) is 2.93. The van der Waals surface area contributed by atoms with Gasteiger partial charge in [0.15, 0.2) is 5.69 Å². The summed E-state index contributed by atoms with van der Waals surface area (Å²) >= 11 is 0. The number of hydrazine groups is 1. The second kappa shape index (κ2) is 6.65. The highest BCUT2D eigenvalue weighted by Gasteiger charge is 2.12. The molecule has 0 saturated carbocycles. The van der Waals surface area contributed by atoms with E-state index >= 15 is 0 Å². The largest absolute Gasteiger partial charge is 0.290 e. The summed E-state index contributed by atoms with van der Waals surface area (Å²) in [7, 11) is 0. The number of aromatic amines is 1. The first-order valence-electron chi connectivity index (χ1n) is 6.61. The number of hydrogen-bond donors (Lipinski definition) is 3. The molecule has 21 heavy (non-hydrogen) atoms. The van der Waals surface area contributed by atoms with E-state index in [9.17, 15) is 9.59 Å². The molecule has 2 aromatic heterocycles. The van der Waals surface area contributed by atoms with E-state index in [-0.39, 0.29) is 5.69 Å². The lowest BCUT2D eigenvalue weighted by Crippen LogP contribution is -2.41. The standard InChI is InChI=1S/C14H17N5O2/c1-9(2)6-11-7-12(17-16-11)14(21)19-18-13(20)10-4-3-5-15-8-10/h3-5,7-9H,6H2,1-2H3,(H,16,17)(H,18,20)(H,19,21). The van der Waals surface area contributed by atoms with Crippen LogP contribution in [0.2, 0.25) is 0 Å². The van der Waals surface area contributed by atoms with Crippen LogP contribution in [0.15, 0.2) is 30.6 Å². The number of nitrogens with one attached hydrogen (secondary N) is 3. The molecule has 2 rings (SSSR count). The molecule has 0 aliphatic rings. The predicted octanol–water partition coefficient (Wildman–Crippen LogP) is 1.08. The molecule has 0 atom stereocenters. The lowest BCUT2D eigenvalue weighted by molar-refractivity contribution is 0.0843. The lowest BCUT2D eigenvalue weighted by atomic mass is 10.1. The fourth-order valence-electron chi connectivity index (χ4n) is 1.77. The van der Waals surface area contributed by atoms with Crippen LogP contribution in [0.25, 0.3) is 0 Å². The summed E-state index contributed by atoms with van der Waals surface area (Å²) in [6.07, 6.45) is 3.79. The molecule has 7 nitrogen and oxygen atoms in total. The van der Waals surface area contributed by atoms with Crippen LogP contribution in [0.5, 0.6) is 0 Å². The summed E-state index contributed by atoms with van der Waals surface area (Å²) < 4.78 is 0. The van der Waals surface area contributed by atoms with Gasteiger partial charge in [0.2, 0.25) is 0 Å². The van der Waals surface area contributed by atoms with E-state index in [2.05, 4.69) is 39.9 Å². The Balaban J connectivity index is 1.90. The number of nitrogens with zero attached hydrogens (tertiary/aromatic N) is 2.